The minimum absolute atomic E-state index is 0.254. The fourth-order valence-corrected chi connectivity index (χ4v) is 2.08. The van der Waals surface area contributed by atoms with Crippen LogP contribution in [0.5, 0.6) is 0 Å². The van der Waals surface area contributed by atoms with Gasteiger partial charge in [-0.1, -0.05) is 30.3 Å². The van der Waals surface area contributed by atoms with Crippen LogP contribution in [-0.2, 0) is 12.8 Å². The van der Waals surface area contributed by atoms with Crippen LogP contribution in [0.15, 0.2) is 54.9 Å². The second kappa shape index (κ2) is 6.92. The van der Waals surface area contributed by atoms with Crippen molar-refractivity contribution in [1.82, 2.24) is 4.98 Å². The maximum absolute atomic E-state index is 9.96. The van der Waals surface area contributed by atoms with Gasteiger partial charge < -0.3 is 5.11 Å². The smallest absolute Gasteiger partial charge is 0.0580 e. The number of aliphatic hydroxyl groups is 1. The molecule has 0 amide bonds. The van der Waals surface area contributed by atoms with Crippen molar-refractivity contribution in [1.29, 1.82) is 0 Å². The summed E-state index contributed by atoms with van der Waals surface area (Å²) in [5.41, 5.74) is 2.49. The third-order valence-corrected chi connectivity index (χ3v) is 3.07. The first-order valence-corrected chi connectivity index (χ1v) is 6.45. The molecule has 1 unspecified atom stereocenters. The van der Waals surface area contributed by atoms with Gasteiger partial charge in [0.25, 0.3) is 0 Å². The number of hydrogen-bond acceptors (Lipinski definition) is 2. The van der Waals surface area contributed by atoms with E-state index in [0.29, 0.717) is 0 Å². The van der Waals surface area contributed by atoms with Crippen LogP contribution in [0.4, 0.5) is 0 Å². The van der Waals surface area contributed by atoms with Crippen LogP contribution in [0.1, 0.15) is 24.0 Å². The Kier molecular flexibility index (Phi) is 4.91. The van der Waals surface area contributed by atoms with Crippen LogP contribution in [0, 0.1) is 0 Å². The van der Waals surface area contributed by atoms with E-state index in [1.807, 2.05) is 18.2 Å². The highest BCUT2D eigenvalue weighted by molar-refractivity contribution is 5.14. The summed E-state index contributed by atoms with van der Waals surface area (Å²) in [7, 11) is 0. The van der Waals surface area contributed by atoms with E-state index in [1.54, 1.807) is 12.4 Å². The van der Waals surface area contributed by atoms with Gasteiger partial charge in [-0.15, -0.1) is 0 Å². The largest absolute Gasteiger partial charge is 0.393 e. The molecule has 0 bridgehead atoms. The molecule has 2 rings (SSSR count). The average molecular weight is 241 g/mol. The molecule has 0 saturated heterocycles. The molecular formula is C16H19NO. The normalized spacial score (nSPS) is 12.3. The lowest BCUT2D eigenvalue weighted by atomic mass is 10.0. The standard InChI is InChI=1S/C16H19NO/c18-16(13-15-9-11-17-12-10-15)8-4-7-14-5-2-1-3-6-14/h1-3,5-6,9-12,16,18H,4,7-8,13H2. The molecule has 1 heterocycles. The van der Waals surface area contributed by atoms with E-state index >= 15 is 0 Å². The Balaban J connectivity index is 1.71. The molecule has 1 aromatic carbocycles. The van der Waals surface area contributed by atoms with Crippen molar-refractivity contribution in [3.05, 3.63) is 66.0 Å². The highest BCUT2D eigenvalue weighted by Crippen LogP contribution is 2.10. The van der Waals surface area contributed by atoms with E-state index in [1.165, 1.54) is 5.56 Å². The first-order chi connectivity index (χ1) is 8.84. The highest BCUT2D eigenvalue weighted by Gasteiger charge is 2.05. The Morgan fingerprint density at radius 2 is 1.67 bits per heavy atom. The average Bonchev–Trinajstić information content (AvgIpc) is 2.41. The van der Waals surface area contributed by atoms with E-state index in [2.05, 4.69) is 29.2 Å². The molecule has 1 aromatic heterocycles. The summed E-state index contributed by atoms with van der Waals surface area (Å²) in [6, 6.07) is 14.3. The molecule has 0 spiro atoms. The highest BCUT2D eigenvalue weighted by atomic mass is 16.3. The van der Waals surface area contributed by atoms with E-state index in [9.17, 15) is 5.11 Å². The number of hydrogen-bond donors (Lipinski definition) is 1. The number of nitrogens with zero attached hydrogens (tertiary/aromatic N) is 1. The SMILES string of the molecule is OC(CCCc1ccccc1)Cc1ccncc1. The lowest BCUT2D eigenvalue weighted by Gasteiger charge is -2.10. The summed E-state index contributed by atoms with van der Waals surface area (Å²) in [5.74, 6) is 0. The van der Waals surface area contributed by atoms with Crippen LogP contribution in [0.2, 0.25) is 0 Å². The van der Waals surface area contributed by atoms with Crippen molar-refractivity contribution in [3.63, 3.8) is 0 Å². The van der Waals surface area contributed by atoms with Crippen LogP contribution in [0.25, 0.3) is 0 Å². The Bertz CT molecular complexity index is 441. The zero-order valence-electron chi connectivity index (χ0n) is 10.5. The molecule has 0 saturated carbocycles. The van der Waals surface area contributed by atoms with Gasteiger partial charge in [-0.25, -0.2) is 0 Å². The molecule has 94 valence electrons. The number of aromatic nitrogens is 1. The van der Waals surface area contributed by atoms with Gasteiger partial charge in [0.1, 0.15) is 0 Å². The van der Waals surface area contributed by atoms with E-state index in [-0.39, 0.29) is 6.10 Å². The maximum Gasteiger partial charge on any atom is 0.0580 e. The number of benzene rings is 1. The molecule has 2 heteroatoms. The molecule has 0 aliphatic carbocycles. The molecule has 2 nitrogen and oxygen atoms in total. The first kappa shape index (κ1) is 12.8. The van der Waals surface area contributed by atoms with Crippen molar-refractivity contribution in [2.24, 2.45) is 0 Å². The number of rotatable bonds is 6. The molecule has 2 aromatic rings. The van der Waals surface area contributed by atoms with Gasteiger partial charge in [0, 0.05) is 12.4 Å². The number of pyridine rings is 1. The third-order valence-electron chi connectivity index (χ3n) is 3.07. The lowest BCUT2D eigenvalue weighted by Crippen LogP contribution is -2.10. The topological polar surface area (TPSA) is 33.1 Å². The van der Waals surface area contributed by atoms with Gasteiger partial charge in [-0.3, -0.25) is 4.98 Å². The molecule has 0 radical (unpaired) electrons. The summed E-state index contributed by atoms with van der Waals surface area (Å²) in [5, 5.41) is 9.96. The van der Waals surface area contributed by atoms with Gasteiger partial charge in [-0.05, 0) is 48.9 Å². The van der Waals surface area contributed by atoms with E-state index < -0.39 is 0 Å². The van der Waals surface area contributed by atoms with Gasteiger partial charge in [0.2, 0.25) is 0 Å². The summed E-state index contributed by atoms with van der Waals surface area (Å²) in [6.45, 7) is 0. The fraction of sp³-hybridized carbons (Fsp3) is 0.312. The number of aryl methyl sites for hydroxylation is 1. The Morgan fingerprint density at radius 3 is 2.39 bits per heavy atom. The van der Waals surface area contributed by atoms with Crippen molar-refractivity contribution in [2.75, 3.05) is 0 Å². The van der Waals surface area contributed by atoms with Gasteiger partial charge in [0.15, 0.2) is 0 Å². The quantitative estimate of drug-likeness (QED) is 0.843. The minimum Gasteiger partial charge on any atom is -0.393 e. The van der Waals surface area contributed by atoms with Gasteiger partial charge in [-0.2, -0.15) is 0 Å². The molecule has 1 atom stereocenters. The second-order valence-electron chi connectivity index (χ2n) is 4.59. The maximum atomic E-state index is 9.96. The lowest BCUT2D eigenvalue weighted by molar-refractivity contribution is 0.162. The predicted octanol–water partition coefficient (Wildman–Crippen LogP) is 3.01. The molecule has 0 aliphatic rings. The second-order valence-corrected chi connectivity index (χ2v) is 4.59. The summed E-state index contributed by atoms with van der Waals surface area (Å²) in [6.07, 6.45) is 6.91. The molecule has 1 N–H and O–H groups in total. The predicted molar refractivity (Wildman–Crippen MR) is 73.3 cm³/mol. The Morgan fingerprint density at radius 1 is 0.944 bits per heavy atom. The number of aliphatic hydroxyl groups excluding tert-OH is 1. The molecule has 0 aliphatic heterocycles. The van der Waals surface area contributed by atoms with Crippen molar-refractivity contribution in [2.45, 2.75) is 31.8 Å². The van der Waals surface area contributed by atoms with Crippen LogP contribution >= 0.6 is 0 Å². The van der Waals surface area contributed by atoms with E-state index in [4.69, 9.17) is 0 Å². The van der Waals surface area contributed by atoms with Gasteiger partial charge in [0.05, 0.1) is 6.10 Å². The van der Waals surface area contributed by atoms with Gasteiger partial charge >= 0.3 is 0 Å². The van der Waals surface area contributed by atoms with Crippen LogP contribution in [0.3, 0.4) is 0 Å². The minimum atomic E-state index is -0.254. The summed E-state index contributed by atoms with van der Waals surface area (Å²) < 4.78 is 0. The van der Waals surface area contributed by atoms with E-state index in [0.717, 1.165) is 31.2 Å². The first-order valence-electron chi connectivity index (χ1n) is 6.45. The fourth-order valence-electron chi connectivity index (χ4n) is 2.08. The van der Waals surface area contributed by atoms with Crippen LogP contribution in [-0.4, -0.2) is 16.2 Å². The third kappa shape index (κ3) is 4.30. The Labute approximate surface area is 108 Å². The van der Waals surface area contributed by atoms with Crippen molar-refractivity contribution in [3.8, 4) is 0 Å². The van der Waals surface area contributed by atoms with Crippen molar-refractivity contribution >= 4 is 0 Å². The summed E-state index contributed by atoms with van der Waals surface area (Å²) >= 11 is 0. The summed E-state index contributed by atoms with van der Waals surface area (Å²) in [4.78, 5) is 3.97. The molecule has 18 heavy (non-hydrogen) atoms. The Hall–Kier alpha value is -1.67. The monoisotopic (exact) mass is 241 g/mol. The van der Waals surface area contributed by atoms with Crippen molar-refractivity contribution < 1.29 is 5.11 Å². The van der Waals surface area contributed by atoms with Crippen LogP contribution < -0.4 is 0 Å². The zero-order chi connectivity index (χ0) is 12.6. The molecular weight excluding hydrogens is 222 g/mol. The zero-order valence-corrected chi connectivity index (χ0v) is 10.5. The molecule has 0 fully saturated rings.